The number of nitrogens with zero attached hydrogens (tertiary/aromatic N) is 1. The first-order valence-corrected chi connectivity index (χ1v) is 7.21. The predicted molar refractivity (Wildman–Crippen MR) is 78.3 cm³/mol. The highest BCUT2D eigenvalue weighted by molar-refractivity contribution is 6.33. The third kappa shape index (κ3) is 3.00. The molecule has 18 heavy (non-hydrogen) atoms. The Kier molecular flexibility index (Phi) is 4.54. The van der Waals surface area contributed by atoms with E-state index in [-0.39, 0.29) is 6.04 Å². The van der Waals surface area contributed by atoms with Gasteiger partial charge in [-0.3, -0.25) is 4.90 Å². The molecule has 3 atom stereocenters. The van der Waals surface area contributed by atoms with Crippen molar-refractivity contribution >= 4 is 23.2 Å². The molecule has 1 saturated heterocycles. The number of hydrogen-bond donors (Lipinski definition) is 1. The lowest BCUT2D eigenvalue weighted by Crippen LogP contribution is -2.46. The Bertz CT molecular complexity index is 422. The van der Waals surface area contributed by atoms with Crippen molar-refractivity contribution in [3.8, 4) is 0 Å². The molecule has 1 aromatic carbocycles. The molecular weight excluding hydrogens is 267 g/mol. The fourth-order valence-electron chi connectivity index (χ4n) is 2.82. The van der Waals surface area contributed by atoms with Crippen molar-refractivity contribution in [3.05, 3.63) is 33.8 Å². The van der Waals surface area contributed by atoms with E-state index in [1.807, 2.05) is 18.2 Å². The highest BCUT2D eigenvalue weighted by Gasteiger charge is 2.28. The van der Waals surface area contributed by atoms with E-state index in [1.165, 1.54) is 0 Å². The minimum atomic E-state index is 0.277. The van der Waals surface area contributed by atoms with Gasteiger partial charge in [0.1, 0.15) is 0 Å². The minimum absolute atomic E-state index is 0.277. The third-order valence-corrected chi connectivity index (χ3v) is 4.45. The number of rotatable bonds is 2. The summed E-state index contributed by atoms with van der Waals surface area (Å²) >= 11 is 12.3. The lowest BCUT2D eigenvalue weighted by atomic mass is 9.95. The molecule has 0 aliphatic carbocycles. The Morgan fingerprint density at radius 3 is 2.78 bits per heavy atom. The summed E-state index contributed by atoms with van der Waals surface area (Å²) in [6, 6.07) is 6.76. The molecule has 0 saturated carbocycles. The smallest absolute Gasteiger partial charge is 0.0454 e. The Labute approximate surface area is 119 Å². The van der Waals surface area contributed by atoms with Crippen LogP contribution in [0.15, 0.2) is 18.2 Å². The van der Waals surface area contributed by atoms with E-state index in [0.717, 1.165) is 35.0 Å². The molecule has 0 spiro atoms. The van der Waals surface area contributed by atoms with Gasteiger partial charge in [0.2, 0.25) is 0 Å². The van der Waals surface area contributed by atoms with Gasteiger partial charge in [-0.1, -0.05) is 23.2 Å². The maximum Gasteiger partial charge on any atom is 0.0454 e. The van der Waals surface area contributed by atoms with Crippen LogP contribution in [0.2, 0.25) is 10.0 Å². The van der Waals surface area contributed by atoms with Crippen LogP contribution in [-0.2, 0) is 0 Å². The van der Waals surface area contributed by atoms with Gasteiger partial charge in [0.15, 0.2) is 0 Å². The van der Waals surface area contributed by atoms with E-state index in [9.17, 15) is 0 Å². The van der Waals surface area contributed by atoms with Crippen molar-refractivity contribution in [2.24, 2.45) is 5.73 Å². The zero-order valence-electron chi connectivity index (χ0n) is 10.9. The molecule has 2 nitrogen and oxygen atoms in total. The number of piperidine rings is 1. The monoisotopic (exact) mass is 286 g/mol. The first-order valence-electron chi connectivity index (χ1n) is 6.45. The molecule has 1 heterocycles. The van der Waals surface area contributed by atoms with Crippen LogP contribution in [-0.4, -0.2) is 23.5 Å². The number of likely N-dealkylation sites (tertiary alicyclic amines) is 1. The second-order valence-corrected chi connectivity index (χ2v) is 6.06. The molecular formula is C14H20Cl2N2. The Morgan fingerprint density at radius 2 is 2.11 bits per heavy atom. The van der Waals surface area contributed by atoms with E-state index in [2.05, 4.69) is 18.7 Å². The summed E-state index contributed by atoms with van der Waals surface area (Å²) in [4.78, 5) is 2.46. The molecule has 100 valence electrons. The van der Waals surface area contributed by atoms with Crippen LogP contribution in [0.4, 0.5) is 0 Å². The Balaban J connectivity index is 2.20. The summed E-state index contributed by atoms with van der Waals surface area (Å²) in [5, 5.41) is 1.52. The SMILES string of the molecule is CC1CC(N)CCN1C(C)c1cc(Cl)ccc1Cl. The fourth-order valence-corrected chi connectivity index (χ4v) is 3.27. The number of benzene rings is 1. The molecule has 1 aliphatic heterocycles. The maximum absolute atomic E-state index is 6.28. The van der Waals surface area contributed by atoms with Crippen LogP contribution < -0.4 is 5.73 Å². The van der Waals surface area contributed by atoms with Crippen molar-refractivity contribution in [2.45, 2.75) is 44.8 Å². The lowest BCUT2D eigenvalue weighted by molar-refractivity contribution is 0.104. The van der Waals surface area contributed by atoms with Crippen LogP contribution in [0, 0.1) is 0 Å². The normalized spacial score (nSPS) is 27.2. The van der Waals surface area contributed by atoms with Gasteiger partial charge in [-0.05, 0) is 50.5 Å². The number of halogens is 2. The molecule has 0 aromatic heterocycles. The van der Waals surface area contributed by atoms with Gasteiger partial charge < -0.3 is 5.73 Å². The summed E-state index contributed by atoms with van der Waals surface area (Å²) in [6.45, 7) is 5.44. The van der Waals surface area contributed by atoms with E-state index in [4.69, 9.17) is 28.9 Å². The van der Waals surface area contributed by atoms with Crippen molar-refractivity contribution in [1.82, 2.24) is 4.90 Å². The molecule has 2 rings (SSSR count). The first-order chi connectivity index (χ1) is 8.49. The summed E-state index contributed by atoms with van der Waals surface area (Å²) in [5.41, 5.74) is 7.11. The van der Waals surface area contributed by atoms with E-state index in [0.29, 0.717) is 12.1 Å². The van der Waals surface area contributed by atoms with Gasteiger partial charge in [0, 0.05) is 34.7 Å². The van der Waals surface area contributed by atoms with Gasteiger partial charge in [0.25, 0.3) is 0 Å². The van der Waals surface area contributed by atoms with Crippen LogP contribution in [0.5, 0.6) is 0 Å². The summed E-state index contributed by atoms with van der Waals surface area (Å²) < 4.78 is 0. The second kappa shape index (κ2) is 5.79. The average molecular weight is 287 g/mol. The summed E-state index contributed by atoms with van der Waals surface area (Å²) in [7, 11) is 0. The van der Waals surface area contributed by atoms with Gasteiger partial charge in [-0.2, -0.15) is 0 Å². The van der Waals surface area contributed by atoms with Gasteiger partial charge in [-0.15, -0.1) is 0 Å². The Morgan fingerprint density at radius 1 is 1.39 bits per heavy atom. The quantitative estimate of drug-likeness (QED) is 0.894. The molecule has 0 radical (unpaired) electrons. The standard InChI is InChI=1S/C14H20Cl2N2/c1-9-7-12(17)5-6-18(9)10(2)13-8-11(15)3-4-14(13)16/h3-4,8-10,12H,5-7,17H2,1-2H3. The highest BCUT2D eigenvalue weighted by Crippen LogP contribution is 2.33. The molecule has 2 N–H and O–H groups in total. The van der Waals surface area contributed by atoms with E-state index < -0.39 is 0 Å². The van der Waals surface area contributed by atoms with E-state index >= 15 is 0 Å². The van der Waals surface area contributed by atoms with Crippen molar-refractivity contribution in [1.29, 1.82) is 0 Å². The van der Waals surface area contributed by atoms with Crippen molar-refractivity contribution < 1.29 is 0 Å². The molecule has 4 heteroatoms. The maximum atomic E-state index is 6.28. The van der Waals surface area contributed by atoms with Crippen molar-refractivity contribution in [2.75, 3.05) is 6.54 Å². The zero-order valence-corrected chi connectivity index (χ0v) is 12.4. The minimum Gasteiger partial charge on any atom is -0.328 e. The van der Waals surface area contributed by atoms with Crippen LogP contribution in [0.3, 0.4) is 0 Å². The highest BCUT2D eigenvalue weighted by atomic mass is 35.5. The van der Waals surface area contributed by atoms with Gasteiger partial charge in [-0.25, -0.2) is 0 Å². The van der Waals surface area contributed by atoms with Crippen molar-refractivity contribution in [3.63, 3.8) is 0 Å². The zero-order chi connectivity index (χ0) is 13.3. The first kappa shape index (κ1) is 14.1. The summed E-state index contributed by atoms with van der Waals surface area (Å²) in [5.74, 6) is 0. The average Bonchev–Trinajstić information content (AvgIpc) is 2.31. The Hall–Kier alpha value is -0.280. The summed E-state index contributed by atoms with van der Waals surface area (Å²) in [6.07, 6.45) is 2.09. The van der Waals surface area contributed by atoms with Crippen LogP contribution >= 0.6 is 23.2 Å². The molecule has 1 aliphatic rings. The molecule has 3 unspecified atom stereocenters. The lowest BCUT2D eigenvalue weighted by Gasteiger charge is -2.40. The number of hydrogen-bond acceptors (Lipinski definition) is 2. The van der Waals surface area contributed by atoms with E-state index in [1.54, 1.807) is 0 Å². The van der Waals surface area contributed by atoms with Crippen LogP contribution in [0.25, 0.3) is 0 Å². The van der Waals surface area contributed by atoms with Crippen LogP contribution in [0.1, 0.15) is 38.3 Å². The largest absolute Gasteiger partial charge is 0.328 e. The molecule has 1 aromatic rings. The van der Waals surface area contributed by atoms with Gasteiger partial charge >= 0.3 is 0 Å². The predicted octanol–water partition coefficient (Wildman–Crippen LogP) is 3.87. The topological polar surface area (TPSA) is 29.3 Å². The molecule has 0 amide bonds. The number of nitrogens with two attached hydrogens (primary N) is 1. The molecule has 1 fully saturated rings. The van der Waals surface area contributed by atoms with Gasteiger partial charge in [0.05, 0.1) is 0 Å². The second-order valence-electron chi connectivity index (χ2n) is 5.21. The molecule has 0 bridgehead atoms. The third-order valence-electron chi connectivity index (χ3n) is 3.87. The fraction of sp³-hybridized carbons (Fsp3) is 0.571.